The molecule has 0 saturated heterocycles. The van der Waals surface area contributed by atoms with Crippen molar-refractivity contribution in [3.8, 4) is 0 Å². The van der Waals surface area contributed by atoms with Gasteiger partial charge in [-0.2, -0.15) is 0 Å². The predicted molar refractivity (Wildman–Crippen MR) is 135 cm³/mol. The van der Waals surface area contributed by atoms with Gasteiger partial charge in [-0.05, 0) is 55.3 Å². The van der Waals surface area contributed by atoms with E-state index in [-0.39, 0.29) is 17.6 Å². The molecule has 178 valence electrons. The number of Topliss-reactive ketones (excluding diaryl/α,β-unsaturated/α-hetero) is 1. The summed E-state index contributed by atoms with van der Waals surface area (Å²) in [6.45, 7) is 1.89. The van der Waals surface area contributed by atoms with Crippen LogP contribution in [-0.4, -0.2) is 30.8 Å². The smallest absolute Gasteiger partial charge is 0.255 e. The van der Waals surface area contributed by atoms with Crippen molar-refractivity contribution in [1.82, 2.24) is 10.3 Å². The number of allylic oxidation sites excluding steroid dienone is 3. The Morgan fingerprint density at radius 1 is 1.09 bits per heavy atom. The molecular weight excluding hydrogens is 440 g/mol. The summed E-state index contributed by atoms with van der Waals surface area (Å²) < 4.78 is 5.61. The van der Waals surface area contributed by atoms with E-state index < -0.39 is 5.92 Å². The normalized spacial score (nSPS) is 19.8. The lowest BCUT2D eigenvalue weighted by atomic mass is 9.72. The van der Waals surface area contributed by atoms with Crippen LogP contribution in [0, 0.1) is 0 Å². The number of ketones is 1. The van der Waals surface area contributed by atoms with Crippen molar-refractivity contribution in [2.75, 3.05) is 24.3 Å². The Morgan fingerprint density at radius 2 is 1.89 bits per heavy atom. The molecule has 0 radical (unpaired) electrons. The van der Waals surface area contributed by atoms with E-state index >= 15 is 0 Å². The van der Waals surface area contributed by atoms with Crippen LogP contribution in [0.2, 0.25) is 0 Å². The van der Waals surface area contributed by atoms with Gasteiger partial charge in [-0.15, -0.1) is 0 Å². The second kappa shape index (κ2) is 9.25. The van der Waals surface area contributed by atoms with Crippen LogP contribution in [0.1, 0.15) is 42.9 Å². The summed E-state index contributed by atoms with van der Waals surface area (Å²) in [5.41, 5.74) is 4.71. The third-order valence-corrected chi connectivity index (χ3v) is 6.67. The highest BCUT2D eigenvalue weighted by Gasteiger charge is 2.41. The summed E-state index contributed by atoms with van der Waals surface area (Å²) in [4.78, 5) is 33.4. The Balaban J connectivity index is 1.57. The number of hydrogen-bond donors (Lipinski definition) is 2. The van der Waals surface area contributed by atoms with E-state index in [0.29, 0.717) is 29.8 Å². The van der Waals surface area contributed by atoms with Gasteiger partial charge in [-0.25, -0.2) is 4.98 Å². The summed E-state index contributed by atoms with van der Waals surface area (Å²) in [6, 6.07) is 17.2. The molecular formula is C28H28N4O3. The summed E-state index contributed by atoms with van der Waals surface area (Å²) in [7, 11) is 3.96. The highest BCUT2D eigenvalue weighted by atomic mass is 16.3. The molecule has 2 N–H and O–H groups in total. The molecule has 1 amide bonds. The number of nitrogens with zero attached hydrogens (tertiary/aromatic N) is 2. The molecule has 7 nitrogen and oxygen atoms in total. The van der Waals surface area contributed by atoms with Crippen LogP contribution in [0.3, 0.4) is 0 Å². The number of rotatable bonds is 5. The Hall–Kier alpha value is -4.13. The second-order valence-electron chi connectivity index (χ2n) is 9.19. The van der Waals surface area contributed by atoms with Crippen molar-refractivity contribution >= 4 is 23.2 Å². The van der Waals surface area contributed by atoms with Gasteiger partial charge in [0.1, 0.15) is 11.6 Å². The van der Waals surface area contributed by atoms with Crippen LogP contribution in [-0.2, 0) is 9.59 Å². The van der Waals surface area contributed by atoms with Crippen LogP contribution in [0.5, 0.6) is 0 Å². The zero-order chi connectivity index (χ0) is 24.5. The van der Waals surface area contributed by atoms with E-state index in [2.05, 4.69) is 15.6 Å². The van der Waals surface area contributed by atoms with Crippen LogP contribution >= 0.6 is 0 Å². The van der Waals surface area contributed by atoms with Crippen LogP contribution in [0.15, 0.2) is 94.0 Å². The van der Waals surface area contributed by atoms with Gasteiger partial charge in [0.25, 0.3) is 5.91 Å². The molecule has 0 spiro atoms. The summed E-state index contributed by atoms with van der Waals surface area (Å²) >= 11 is 0. The topological polar surface area (TPSA) is 87.5 Å². The van der Waals surface area contributed by atoms with Gasteiger partial charge in [0.15, 0.2) is 5.78 Å². The standard InChI is InChI=1S/C28H28N4O3/c1-17-25(28(34)31-24-8-4-5-13-29-24)26(18-9-11-20(12-10-18)32(2)3)27-21(30-17)15-19(16-22(27)33)23-7-6-14-35-23/h4-14,19,26,30H,15-16H2,1-3H3,(H,29,31,34)/t19-,26-/m0/s1. The maximum absolute atomic E-state index is 13.6. The van der Waals surface area contributed by atoms with Gasteiger partial charge in [-0.3, -0.25) is 9.59 Å². The molecule has 2 aromatic heterocycles. The molecule has 3 aromatic rings. The highest BCUT2D eigenvalue weighted by molar-refractivity contribution is 6.09. The zero-order valence-corrected chi connectivity index (χ0v) is 20.0. The Labute approximate surface area is 204 Å². The number of hydrogen-bond acceptors (Lipinski definition) is 6. The Bertz CT molecular complexity index is 1310. The predicted octanol–water partition coefficient (Wildman–Crippen LogP) is 4.74. The molecule has 3 heterocycles. The molecule has 0 unspecified atom stereocenters. The third-order valence-electron chi connectivity index (χ3n) is 6.67. The Morgan fingerprint density at radius 3 is 2.54 bits per heavy atom. The second-order valence-corrected chi connectivity index (χ2v) is 9.19. The van der Waals surface area contributed by atoms with Crippen LogP contribution < -0.4 is 15.5 Å². The van der Waals surface area contributed by atoms with Gasteiger partial charge in [0.2, 0.25) is 0 Å². The molecule has 7 heteroatoms. The lowest BCUT2D eigenvalue weighted by Crippen LogP contribution is -2.37. The number of amides is 1. The van der Waals surface area contributed by atoms with Crippen molar-refractivity contribution in [3.63, 3.8) is 0 Å². The first-order chi connectivity index (χ1) is 16.9. The summed E-state index contributed by atoms with van der Waals surface area (Å²) in [5, 5.41) is 6.30. The molecule has 2 aliphatic rings. The van der Waals surface area contributed by atoms with Crippen LogP contribution in [0.25, 0.3) is 0 Å². The molecule has 2 atom stereocenters. The van der Waals surface area contributed by atoms with E-state index in [1.165, 1.54) is 0 Å². The van der Waals surface area contributed by atoms with E-state index in [1.807, 2.05) is 68.4 Å². The van der Waals surface area contributed by atoms with Crippen molar-refractivity contribution in [3.05, 3.63) is 101 Å². The van der Waals surface area contributed by atoms with Crippen molar-refractivity contribution < 1.29 is 14.0 Å². The molecule has 0 bridgehead atoms. The van der Waals surface area contributed by atoms with Crippen LogP contribution in [0.4, 0.5) is 11.5 Å². The number of pyridine rings is 1. The average molecular weight is 469 g/mol. The summed E-state index contributed by atoms with van der Waals surface area (Å²) in [5.74, 6) is 0.514. The first-order valence-electron chi connectivity index (χ1n) is 11.7. The fourth-order valence-electron chi connectivity index (χ4n) is 4.98. The largest absolute Gasteiger partial charge is 0.469 e. The quantitative estimate of drug-likeness (QED) is 0.562. The minimum Gasteiger partial charge on any atom is -0.469 e. The third kappa shape index (κ3) is 4.37. The molecule has 0 fully saturated rings. The average Bonchev–Trinajstić information content (AvgIpc) is 3.39. The monoisotopic (exact) mass is 468 g/mol. The van der Waals surface area contributed by atoms with Gasteiger partial charge in [0, 0.05) is 66.8 Å². The number of carbonyl (C=O) groups excluding carboxylic acids is 2. The van der Waals surface area contributed by atoms with Crippen molar-refractivity contribution in [2.24, 2.45) is 0 Å². The fraction of sp³-hybridized carbons (Fsp3) is 0.250. The SMILES string of the molecule is CC1=C(C(=O)Nc2ccccn2)[C@H](c2ccc(N(C)C)cc2)C2=C(C[C@H](c3ccco3)CC2=O)N1. The number of benzene rings is 1. The molecule has 1 aliphatic heterocycles. The van der Waals surface area contributed by atoms with E-state index in [1.54, 1.807) is 24.6 Å². The molecule has 1 aliphatic carbocycles. The summed E-state index contributed by atoms with van der Waals surface area (Å²) in [6.07, 6.45) is 4.26. The lowest BCUT2D eigenvalue weighted by Gasteiger charge is -2.36. The minimum absolute atomic E-state index is 0.0254. The van der Waals surface area contributed by atoms with E-state index in [0.717, 1.165) is 28.4 Å². The maximum Gasteiger partial charge on any atom is 0.255 e. The minimum atomic E-state index is -0.476. The first kappa shape index (κ1) is 22.7. The number of nitrogens with one attached hydrogen (secondary N) is 2. The lowest BCUT2D eigenvalue weighted by molar-refractivity contribution is -0.116. The zero-order valence-electron chi connectivity index (χ0n) is 20.0. The number of furan rings is 1. The molecule has 0 saturated carbocycles. The van der Waals surface area contributed by atoms with Gasteiger partial charge in [-0.1, -0.05) is 18.2 Å². The number of dihydropyridines is 1. The molecule has 35 heavy (non-hydrogen) atoms. The first-order valence-corrected chi connectivity index (χ1v) is 11.7. The number of carbonyl (C=O) groups is 2. The number of anilines is 2. The van der Waals surface area contributed by atoms with Gasteiger partial charge < -0.3 is 20.0 Å². The fourth-order valence-corrected chi connectivity index (χ4v) is 4.98. The molecule has 1 aromatic carbocycles. The van der Waals surface area contributed by atoms with Gasteiger partial charge in [0.05, 0.1) is 6.26 Å². The highest BCUT2D eigenvalue weighted by Crippen LogP contribution is 2.45. The Kier molecular flexibility index (Phi) is 5.99. The van der Waals surface area contributed by atoms with E-state index in [9.17, 15) is 9.59 Å². The number of aromatic nitrogens is 1. The molecule has 5 rings (SSSR count). The van der Waals surface area contributed by atoms with Crippen molar-refractivity contribution in [2.45, 2.75) is 31.6 Å². The van der Waals surface area contributed by atoms with Gasteiger partial charge >= 0.3 is 0 Å². The van der Waals surface area contributed by atoms with E-state index in [4.69, 9.17) is 4.42 Å². The van der Waals surface area contributed by atoms with Crippen molar-refractivity contribution in [1.29, 1.82) is 0 Å². The maximum atomic E-state index is 13.6.